The Labute approximate surface area is 97.8 Å². The molecule has 0 bridgehead atoms. The zero-order chi connectivity index (χ0) is 12.1. The van der Waals surface area contributed by atoms with E-state index in [0.29, 0.717) is 5.03 Å². The summed E-state index contributed by atoms with van der Waals surface area (Å²) in [5.74, 6) is -0.284. The highest BCUT2D eigenvalue weighted by Crippen LogP contribution is 2.20. The van der Waals surface area contributed by atoms with Crippen LogP contribution in [-0.2, 0) is 16.6 Å². The van der Waals surface area contributed by atoms with Gasteiger partial charge in [0.15, 0.2) is 5.03 Å². The van der Waals surface area contributed by atoms with E-state index in [1.54, 1.807) is 19.4 Å². The molecular weight excluding hydrogens is 228 g/mol. The number of carbonyl (C=O) groups excluding carboxylic acids is 1. The Bertz CT molecular complexity index is 430. The second kappa shape index (κ2) is 5.69. The summed E-state index contributed by atoms with van der Waals surface area (Å²) in [4.78, 5) is 26.6. The number of hydrogen-bond acceptors (Lipinski definition) is 5. The quantitative estimate of drug-likeness (QED) is 0.578. The Hall–Kier alpha value is -1.30. The molecule has 0 aliphatic carbocycles. The average molecular weight is 242 g/mol. The summed E-state index contributed by atoms with van der Waals surface area (Å²) in [6.45, 7) is 1.86. The fourth-order valence-electron chi connectivity index (χ4n) is 1.11. The topological polar surface area (TPSA) is 61.2 Å². The zero-order valence-electron chi connectivity index (χ0n) is 9.47. The van der Waals surface area contributed by atoms with Crippen molar-refractivity contribution in [1.82, 2.24) is 9.55 Å². The van der Waals surface area contributed by atoms with E-state index in [1.807, 2.05) is 6.92 Å². The number of aryl methyl sites for hydroxylation is 1. The van der Waals surface area contributed by atoms with Gasteiger partial charge in [0.25, 0.3) is 5.56 Å². The monoisotopic (exact) mass is 242 g/mol. The third-order valence-corrected chi connectivity index (χ3v) is 3.05. The predicted octanol–water partition coefficient (Wildman–Crippen LogP) is 0.824. The van der Waals surface area contributed by atoms with Gasteiger partial charge in [-0.25, -0.2) is 4.98 Å². The van der Waals surface area contributed by atoms with E-state index in [0.717, 1.165) is 0 Å². The number of ether oxygens (including phenoxy) is 1. The van der Waals surface area contributed by atoms with Crippen LogP contribution in [0.4, 0.5) is 0 Å². The zero-order valence-corrected chi connectivity index (χ0v) is 10.3. The minimum absolute atomic E-state index is 0.0324. The van der Waals surface area contributed by atoms with Gasteiger partial charge in [-0.15, -0.1) is 0 Å². The van der Waals surface area contributed by atoms with Crippen LogP contribution in [0.1, 0.15) is 13.3 Å². The molecule has 0 aliphatic rings. The fourth-order valence-corrected chi connectivity index (χ4v) is 2.07. The highest BCUT2D eigenvalue weighted by Gasteiger charge is 2.13. The van der Waals surface area contributed by atoms with Crippen LogP contribution in [0.15, 0.2) is 22.2 Å². The molecule has 0 amide bonds. The Morgan fingerprint density at radius 2 is 2.38 bits per heavy atom. The van der Waals surface area contributed by atoms with Gasteiger partial charge in [-0.2, -0.15) is 0 Å². The van der Waals surface area contributed by atoms with E-state index in [2.05, 4.69) is 9.72 Å². The molecule has 0 N–H and O–H groups in total. The van der Waals surface area contributed by atoms with Crippen molar-refractivity contribution in [2.45, 2.75) is 23.6 Å². The van der Waals surface area contributed by atoms with Crippen LogP contribution in [0.5, 0.6) is 0 Å². The summed E-state index contributed by atoms with van der Waals surface area (Å²) in [6, 6.07) is 0. The van der Waals surface area contributed by atoms with Crippen LogP contribution >= 0.6 is 11.8 Å². The number of methoxy groups -OCH3 is 1. The molecule has 1 aromatic rings. The van der Waals surface area contributed by atoms with Crippen LogP contribution in [0, 0.1) is 0 Å². The van der Waals surface area contributed by atoms with Gasteiger partial charge in [0.1, 0.15) is 0 Å². The maximum atomic E-state index is 11.6. The standard InChI is InChI=1S/C10H14N2O3S/c1-7(6-8(13)15-3)16-9-10(14)12(2)5-4-11-9/h4-5,7H,6H2,1-3H3. The number of aromatic nitrogens is 2. The lowest BCUT2D eigenvalue weighted by Crippen LogP contribution is -2.20. The smallest absolute Gasteiger partial charge is 0.306 e. The SMILES string of the molecule is COC(=O)CC(C)Sc1nccn(C)c1=O. The van der Waals surface area contributed by atoms with Gasteiger partial charge in [-0.1, -0.05) is 18.7 Å². The van der Waals surface area contributed by atoms with E-state index in [9.17, 15) is 9.59 Å². The van der Waals surface area contributed by atoms with Crippen molar-refractivity contribution in [2.75, 3.05) is 7.11 Å². The van der Waals surface area contributed by atoms with Gasteiger partial charge in [-0.05, 0) is 0 Å². The number of hydrogen-bond donors (Lipinski definition) is 0. The molecule has 1 aromatic heterocycles. The molecule has 6 heteroatoms. The summed E-state index contributed by atoms with van der Waals surface area (Å²) in [7, 11) is 3.01. The molecule has 1 unspecified atom stereocenters. The summed E-state index contributed by atoms with van der Waals surface area (Å²) in [5, 5.41) is 0.372. The molecule has 0 spiro atoms. The maximum absolute atomic E-state index is 11.6. The summed E-state index contributed by atoms with van der Waals surface area (Å²) in [6.07, 6.45) is 3.42. The number of nitrogens with zero attached hydrogens (tertiary/aromatic N) is 2. The largest absolute Gasteiger partial charge is 0.469 e. The second-order valence-corrected chi connectivity index (χ2v) is 4.78. The molecule has 0 aromatic carbocycles. The minimum atomic E-state index is -0.284. The van der Waals surface area contributed by atoms with Crippen LogP contribution in [0.2, 0.25) is 0 Å². The van der Waals surface area contributed by atoms with Crippen LogP contribution in [-0.4, -0.2) is 27.9 Å². The van der Waals surface area contributed by atoms with E-state index in [1.165, 1.54) is 23.4 Å². The Kier molecular flexibility index (Phi) is 4.54. The first-order valence-corrected chi connectivity index (χ1v) is 5.67. The van der Waals surface area contributed by atoms with Gasteiger partial charge in [0.05, 0.1) is 13.5 Å². The van der Waals surface area contributed by atoms with Crippen LogP contribution in [0.3, 0.4) is 0 Å². The molecule has 1 rings (SSSR count). The molecule has 16 heavy (non-hydrogen) atoms. The fraction of sp³-hybridized carbons (Fsp3) is 0.500. The third-order valence-electron chi connectivity index (χ3n) is 1.98. The van der Waals surface area contributed by atoms with Gasteiger partial charge >= 0.3 is 5.97 Å². The lowest BCUT2D eigenvalue weighted by Gasteiger charge is -2.08. The first-order valence-electron chi connectivity index (χ1n) is 4.79. The lowest BCUT2D eigenvalue weighted by molar-refractivity contribution is -0.140. The van der Waals surface area contributed by atoms with Crippen molar-refractivity contribution >= 4 is 17.7 Å². The summed E-state index contributed by atoms with van der Waals surface area (Å²) >= 11 is 1.28. The van der Waals surface area contributed by atoms with E-state index < -0.39 is 0 Å². The van der Waals surface area contributed by atoms with Gasteiger partial charge in [-0.3, -0.25) is 9.59 Å². The molecule has 88 valence electrons. The molecular formula is C10H14N2O3S. The lowest BCUT2D eigenvalue weighted by atomic mass is 10.3. The number of thioether (sulfide) groups is 1. The minimum Gasteiger partial charge on any atom is -0.469 e. The molecule has 5 nitrogen and oxygen atoms in total. The normalized spacial score (nSPS) is 12.2. The number of esters is 1. The van der Waals surface area contributed by atoms with Crippen molar-refractivity contribution in [3.8, 4) is 0 Å². The number of rotatable bonds is 4. The van der Waals surface area contributed by atoms with E-state index in [4.69, 9.17) is 0 Å². The molecule has 1 heterocycles. The first-order chi connectivity index (χ1) is 7.54. The molecule has 1 atom stereocenters. The molecule has 0 aliphatic heterocycles. The van der Waals surface area contributed by atoms with Crippen LogP contribution < -0.4 is 5.56 Å². The van der Waals surface area contributed by atoms with Gasteiger partial charge in [0, 0.05) is 24.7 Å². The van der Waals surface area contributed by atoms with Gasteiger partial charge < -0.3 is 9.30 Å². The van der Waals surface area contributed by atoms with Crippen molar-refractivity contribution in [2.24, 2.45) is 7.05 Å². The Morgan fingerprint density at radius 1 is 1.69 bits per heavy atom. The summed E-state index contributed by atoms with van der Waals surface area (Å²) in [5.41, 5.74) is -0.149. The third kappa shape index (κ3) is 3.37. The first kappa shape index (κ1) is 12.8. The van der Waals surface area contributed by atoms with Crippen molar-refractivity contribution in [1.29, 1.82) is 0 Å². The Balaban J connectivity index is 2.70. The number of carbonyl (C=O) groups is 1. The predicted molar refractivity (Wildman–Crippen MR) is 61.4 cm³/mol. The highest BCUT2D eigenvalue weighted by molar-refractivity contribution is 7.99. The van der Waals surface area contributed by atoms with Crippen LogP contribution in [0.25, 0.3) is 0 Å². The van der Waals surface area contributed by atoms with E-state index >= 15 is 0 Å². The van der Waals surface area contributed by atoms with Crippen molar-refractivity contribution < 1.29 is 9.53 Å². The second-order valence-electron chi connectivity index (χ2n) is 3.36. The molecule has 0 saturated carbocycles. The van der Waals surface area contributed by atoms with Gasteiger partial charge in [0.2, 0.25) is 0 Å². The highest BCUT2D eigenvalue weighted by atomic mass is 32.2. The van der Waals surface area contributed by atoms with Crippen molar-refractivity contribution in [3.05, 3.63) is 22.7 Å². The average Bonchev–Trinajstić information content (AvgIpc) is 2.24. The van der Waals surface area contributed by atoms with Crippen molar-refractivity contribution in [3.63, 3.8) is 0 Å². The molecule has 0 fully saturated rings. The van der Waals surface area contributed by atoms with E-state index in [-0.39, 0.29) is 23.2 Å². The summed E-state index contributed by atoms with van der Waals surface area (Å²) < 4.78 is 6.02. The molecule has 0 radical (unpaired) electrons. The Morgan fingerprint density at radius 3 is 3.00 bits per heavy atom. The maximum Gasteiger partial charge on any atom is 0.306 e. The molecule has 0 saturated heterocycles.